The fraction of sp³-hybridized carbons (Fsp3) is 0.333. The highest BCUT2D eigenvalue weighted by atomic mass is 35.5. The number of carbonyl (C=O) groups is 2. The molecule has 3 rings (SSSR count). The Balaban J connectivity index is 1.81. The Bertz CT molecular complexity index is 1090. The Morgan fingerprint density at radius 2 is 1.58 bits per heavy atom. The molecule has 0 aliphatic carbocycles. The first-order chi connectivity index (χ1) is 17.5. The predicted octanol–water partition coefficient (Wildman–Crippen LogP) is 6.44. The molecule has 1 atom stereocenters. The number of benzene rings is 3. The quantitative estimate of drug-likeness (QED) is 0.263. The van der Waals surface area contributed by atoms with E-state index in [9.17, 15) is 9.59 Å². The van der Waals surface area contributed by atoms with Crippen LogP contribution in [0, 0.1) is 6.92 Å². The van der Waals surface area contributed by atoms with E-state index in [-0.39, 0.29) is 11.8 Å². The molecule has 3 aromatic carbocycles. The smallest absolute Gasteiger partial charge is 0.243 e. The molecule has 0 aliphatic rings. The van der Waals surface area contributed by atoms with Gasteiger partial charge in [0.15, 0.2) is 0 Å². The van der Waals surface area contributed by atoms with Gasteiger partial charge in [-0.2, -0.15) is 0 Å². The summed E-state index contributed by atoms with van der Waals surface area (Å²) in [6, 6.07) is 25.2. The number of carbonyl (C=O) groups excluding carboxylic acids is 2. The van der Waals surface area contributed by atoms with Crippen LogP contribution in [-0.4, -0.2) is 35.1 Å². The summed E-state index contributed by atoms with van der Waals surface area (Å²) in [7, 11) is 0. The predicted molar refractivity (Wildman–Crippen MR) is 151 cm³/mol. The summed E-state index contributed by atoms with van der Waals surface area (Å²) in [6.45, 7) is 5.13. The van der Waals surface area contributed by atoms with Gasteiger partial charge in [-0.3, -0.25) is 9.59 Å². The van der Waals surface area contributed by atoms with Gasteiger partial charge in [-0.05, 0) is 42.2 Å². The minimum Gasteiger partial charge on any atom is -0.354 e. The molecule has 3 aromatic rings. The second kappa shape index (κ2) is 14.7. The van der Waals surface area contributed by atoms with Gasteiger partial charge in [0.05, 0.1) is 5.75 Å². The van der Waals surface area contributed by atoms with Crippen LogP contribution in [0.4, 0.5) is 0 Å². The maximum atomic E-state index is 13.6. The first kappa shape index (κ1) is 27.8. The van der Waals surface area contributed by atoms with Crippen LogP contribution < -0.4 is 5.32 Å². The molecule has 0 fully saturated rings. The topological polar surface area (TPSA) is 49.4 Å². The lowest BCUT2D eigenvalue weighted by Crippen LogP contribution is -2.51. The molecule has 0 bridgehead atoms. The van der Waals surface area contributed by atoms with E-state index in [0.717, 1.165) is 35.1 Å². The molecule has 190 valence electrons. The van der Waals surface area contributed by atoms with E-state index in [4.69, 9.17) is 11.6 Å². The van der Waals surface area contributed by atoms with Crippen molar-refractivity contribution in [3.8, 4) is 0 Å². The number of halogens is 1. The molecule has 0 spiro atoms. The van der Waals surface area contributed by atoms with Crippen LogP contribution >= 0.6 is 23.4 Å². The normalized spacial score (nSPS) is 11.6. The van der Waals surface area contributed by atoms with Crippen molar-refractivity contribution >= 4 is 35.2 Å². The Morgan fingerprint density at radius 3 is 2.25 bits per heavy atom. The van der Waals surface area contributed by atoms with Gasteiger partial charge in [0.2, 0.25) is 11.8 Å². The van der Waals surface area contributed by atoms with Gasteiger partial charge < -0.3 is 10.2 Å². The Labute approximate surface area is 224 Å². The van der Waals surface area contributed by atoms with E-state index in [1.807, 2.05) is 85.8 Å². The minimum absolute atomic E-state index is 0.0406. The van der Waals surface area contributed by atoms with E-state index in [0.29, 0.717) is 36.0 Å². The van der Waals surface area contributed by atoms with Crippen molar-refractivity contribution in [2.24, 2.45) is 0 Å². The summed E-state index contributed by atoms with van der Waals surface area (Å²) >= 11 is 7.55. The number of hydrogen-bond acceptors (Lipinski definition) is 3. The third kappa shape index (κ3) is 9.03. The zero-order chi connectivity index (χ0) is 25.8. The molecule has 0 radical (unpaired) electrons. The summed E-state index contributed by atoms with van der Waals surface area (Å²) in [5.41, 5.74) is 4.31. The van der Waals surface area contributed by atoms with Crippen LogP contribution in [0.15, 0.2) is 78.9 Å². The number of aryl methyl sites for hydroxylation is 1. The highest BCUT2D eigenvalue weighted by molar-refractivity contribution is 7.99. The highest BCUT2D eigenvalue weighted by Crippen LogP contribution is 2.20. The van der Waals surface area contributed by atoms with E-state index in [1.165, 1.54) is 0 Å². The lowest BCUT2D eigenvalue weighted by Gasteiger charge is -2.31. The number of thioether (sulfide) groups is 1. The van der Waals surface area contributed by atoms with Crippen LogP contribution in [0.2, 0.25) is 5.02 Å². The van der Waals surface area contributed by atoms with Crippen LogP contribution in [0.5, 0.6) is 0 Å². The third-order valence-corrected chi connectivity index (χ3v) is 7.22. The number of hydrogen-bond donors (Lipinski definition) is 1. The van der Waals surface area contributed by atoms with Crippen molar-refractivity contribution in [1.29, 1.82) is 0 Å². The van der Waals surface area contributed by atoms with Crippen LogP contribution in [0.25, 0.3) is 0 Å². The number of rotatable bonds is 13. The third-order valence-electron chi connectivity index (χ3n) is 5.98. The molecule has 1 unspecified atom stereocenters. The molecular formula is C30H35ClN2O2S. The van der Waals surface area contributed by atoms with E-state index in [2.05, 4.69) is 12.2 Å². The zero-order valence-electron chi connectivity index (χ0n) is 21.1. The van der Waals surface area contributed by atoms with Crippen molar-refractivity contribution in [3.05, 3.63) is 106 Å². The lowest BCUT2D eigenvalue weighted by molar-refractivity contribution is -0.139. The largest absolute Gasteiger partial charge is 0.354 e. The van der Waals surface area contributed by atoms with Crippen LogP contribution in [-0.2, 0) is 28.3 Å². The molecule has 1 N–H and O–H groups in total. The first-order valence-electron chi connectivity index (χ1n) is 12.4. The Morgan fingerprint density at radius 1 is 0.917 bits per heavy atom. The van der Waals surface area contributed by atoms with Crippen molar-refractivity contribution in [3.63, 3.8) is 0 Å². The summed E-state index contributed by atoms with van der Waals surface area (Å²) in [4.78, 5) is 28.8. The average Bonchev–Trinajstić information content (AvgIpc) is 2.89. The van der Waals surface area contributed by atoms with Gasteiger partial charge in [0.1, 0.15) is 6.04 Å². The Kier molecular flexibility index (Phi) is 11.4. The van der Waals surface area contributed by atoms with Crippen molar-refractivity contribution in [2.45, 2.75) is 51.4 Å². The number of amides is 2. The maximum absolute atomic E-state index is 13.6. The molecule has 0 saturated carbocycles. The van der Waals surface area contributed by atoms with Crippen molar-refractivity contribution < 1.29 is 9.59 Å². The summed E-state index contributed by atoms with van der Waals surface area (Å²) in [6.07, 6.45) is 2.38. The molecule has 6 heteroatoms. The summed E-state index contributed by atoms with van der Waals surface area (Å²) < 4.78 is 0. The standard InChI is InChI=1S/C30H35ClN2O2S/c1-3-4-18-32-30(35)28(19-24-8-6-5-7-9-24)33(20-25-12-10-23(2)11-13-25)29(34)22-36-21-26-14-16-27(31)17-15-26/h5-17,28H,3-4,18-22H2,1-2H3,(H,32,35). The second-order valence-corrected chi connectivity index (χ2v) is 10.4. The summed E-state index contributed by atoms with van der Waals surface area (Å²) in [5.74, 6) is 0.853. The molecule has 36 heavy (non-hydrogen) atoms. The van der Waals surface area contributed by atoms with Crippen LogP contribution in [0.3, 0.4) is 0 Å². The zero-order valence-corrected chi connectivity index (χ0v) is 22.7. The number of nitrogens with zero attached hydrogens (tertiary/aromatic N) is 1. The SMILES string of the molecule is CCCCNC(=O)C(Cc1ccccc1)N(Cc1ccc(C)cc1)C(=O)CSCc1ccc(Cl)cc1. The molecule has 0 aliphatic heterocycles. The molecule has 2 amide bonds. The van der Waals surface area contributed by atoms with Gasteiger partial charge in [0, 0.05) is 30.3 Å². The summed E-state index contributed by atoms with van der Waals surface area (Å²) in [5, 5.41) is 3.77. The number of nitrogens with one attached hydrogen (secondary N) is 1. The molecule has 0 aromatic heterocycles. The van der Waals surface area contributed by atoms with Crippen molar-refractivity contribution in [1.82, 2.24) is 10.2 Å². The van der Waals surface area contributed by atoms with Crippen LogP contribution in [0.1, 0.15) is 42.0 Å². The van der Waals surface area contributed by atoms with Gasteiger partial charge in [-0.1, -0.05) is 97.2 Å². The molecule has 0 saturated heterocycles. The fourth-order valence-corrected chi connectivity index (χ4v) is 4.87. The second-order valence-electron chi connectivity index (χ2n) is 8.98. The minimum atomic E-state index is -0.589. The fourth-order valence-electron chi connectivity index (χ4n) is 3.87. The van der Waals surface area contributed by atoms with Gasteiger partial charge in [0.25, 0.3) is 0 Å². The Hall–Kier alpha value is -2.76. The molecular weight excluding hydrogens is 488 g/mol. The van der Waals surface area contributed by atoms with E-state index in [1.54, 1.807) is 16.7 Å². The maximum Gasteiger partial charge on any atom is 0.243 e. The molecule has 0 heterocycles. The van der Waals surface area contributed by atoms with E-state index >= 15 is 0 Å². The highest BCUT2D eigenvalue weighted by Gasteiger charge is 2.30. The monoisotopic (exact) mass is 522 g/mol. The van der Waals surface area contributed by atoms with Gasteiger partial charge in [-0.15, -0.1) is 11.8 Å². The lowest BCUT2D eigenvalue weighted by atomic mass is 10.0. The number of unbranched alkanes of at least 4 members (excludes halogenated alkanes) is 1. The van der Waals surface area contributed by atoms with Crippen molar-refractivity contribution in [2.75, 3.05) is 12.3 Å². The first-order valence-corrected chi connectivity index (χ1v) is 14.0. The van der Waals surface area contributed by atoms with Gasteiger partial charge >= 0.3 is 0 Å². The molecule has 4 nitrogen and oxygen atoms in total. The van der Waals surface area contributed by atoms with E-state index < -0.39 is 6.04 Å². The van der Waals surface area contributed by atoms with Gasteiger partial charge in [-0.25, -0.2) is 0 Å². The average molecular weight is 523 g/mol.